The lowest BCUT2D eigenvalue weighted by atomic mass is 10.2. The van der Waals surface area contributed by atoms with Crippen LogP contribution in [0.3, 0.4) is 0 Å². The summed E-state index contributed by atoms with van der Waals surface area (Å²) < 4.78 is 5.43. The van der Waals surface area contributed by atoms with Crippen LogP contribution >= 0.6 is 12.4 Å². The molecular weight excluding hydrogens is 266 g/mol. The lowest BCUT2D eigenvalue weighted by Gasteiger charge is -1.98. The molecule has 1 N–H and O–H groups in total. The molecule has 0 bridgehead atoms. The highest BCUT2D eigenvalue weighted by Gasteiger charge is 2.12. The van der Waals surface area contributed by atoms with Crippen LogP contribution in [-0.4, -0.2) is 15.9 Å². The van der Waals surface area contributed by atoms with Crippen molar-refractivity contribution in [1.82, 2.24) is 9.97 Å². The molecule has 0 saturated carbocycles. The highest BCUT2D eigenvalue weighted by atomic mass is 35.5. The van der Waals surface area contributed by atoms with Crippen LogP contribution in [0.4, 0.5) is 5.95 Å². The van der Waals surface area contributed by atoms with Gasteiger partial charge in [0.25, 0.3) is 5.91 Å². The zero-order valence-electron chi connectivity index (χ0n) is 9.74. The Morgan fingerprint density at radius 1 is 1.11 bits per heavy atom. The second-order valence-corrected chi connectivity index (χ2v) is 3.67. The molecule has 0 radical (unpaired) electrons. The number of hydrogen-bond acceptors (Lipinski definition) is 4. The average molecular weight is 276 g/mol. The van der Waals surface area contributed by atoms with Gasteiger partial charge in [-0.3, -0.25) is 10.1 Å². The minimum atomic E-state index is -0.364. The van der Waals surface area contributed by atoms with E-state index in [1.165, 1.54) is 0 Å². The lowest BCUT2D eigenvalue weighted by Crippen LogP contribution is -2.12. The second kappa shape index (κ2) is 5.49. The summed E-state index contributed by atoms with van der Waals surface area (Å²) in [5, 5.41) is 3.45. The van der Waals surface area contributed by atoms with Crippen LogP contribution in [0.1, 0.15) is 10.6 Å². The van der Waals surface area contributed by atoms with Crippen molar-refractivity contribution in [2.24, 2.45) is 0 Å². The van der Waals surface area contributed by atoms with E-state index in [0.717, 1.165) is 5.39 Å². The molecule has 0 spiro atoms. The molecular formula is C13H10ClN3O2. The highest BCUT2D eigenvalue weighted by Crippen LogP contribution is 2.19. The number of amides is 1. The third kappa shape index (κ3) is 2.71. The van der Waals surface area contributed by atoms with Gasteiger partial charge in [-0.15, -0.1) is 12.4 Å². The predicted octanol–water partition coefficient (Wildman–Crippen LogP) is 2.90. The van der Waals surface area contributed by atoms with Crippen LogP contribution in [0.5, 0.6) is 0 Å². The zero-order valence-corrected chi connectivity index (χ0v) is 10.6. The van der Waals surface area contributed by atoms with Gasteiger partial charge < -0.3 is 4.42 Å². The molecule has 96 valence electrons. The molecule has 19 heavy (non-hydrogen) atoms. The van der Waals surface area contributed by atoms with Crippen molar-refractivity contribution in [2.45, 2.75) is 0 Å². The van der Waals surface area contributed by atoms with E-state index < -0.39 is 0 Å². The van der Waals surface area contributed by atoms with E-state index in [1.807, 2.05) is 24.3 Å². The maximum absolute atomic E-state index is 11.9. The summed E-state index contributed by atoms with van der Waals surface area (Å²) in [6.07, 6.45) is 3.11. The van der Waals surface area contributed by atoms with Crippen molar-refractivity contribution in [3.63, 3.8) is 0 Å². The molecule has 1 aromatic carbocycles. The fourth-order valence-corrected chi connectivity index (χ4v) is 1.62. The van der Waals surface area contributed by atoms with Crippen LogP contribution in [0.25, 0.3) is 11.0 Å². The van der Waals surface area contributed by atoms with E-state index in [2.05, 4.69) is 15.3 Å². The quantitative estimate of drug-likeness (QED) is 0.781. The van der Waals surface area contributed by atoms with Crippen molar-refractivity contribution in [2.75, 3.05) is 5.32 Å². The summed E-state index contributed by atoms with van der Waals surface area (Å²) in [7, 11) is 0. The molecule has 0 aliphatic heterocycles. The Kier molecular flexibility index (Phi) is 3.77. The first-order valence-corrected chi connectivity index (χ1v) is 5.40. The van der Waals surface area contributed by atoms with Gasteiger partial charge in [0.1, 0.15) is 5.58 Å². The van der Waals surface area contributed by atoms with E-state index in [4.69, 9.17) is 4.42 Å². The summed E-state index contributed by atoms with van der Waals surface area (Å²) in [5.74, 6) is 0.129. The van der Waals surface area contributed by atoms with Crippen LogP contribution in [-0.2, 0) is 0 Å². The average Bonchev–Trinajstić information content (AvgIpc) is 2.84. The number of carbonyl (C=O) groups excluding carboxylic acids is 1. The molecule has 2 aromatic heterocycles. The molecule has 3 aromatic rings. The van der Waals surface area contributed by atoms with Crippen LogP contribution in [0.2, 0.25) is 0 Å². The monoisotopic (exact) mass is 275 g/mol. The number of hydrogen-bond donors (Lipinski definition) is 1. The summed E-state index contributed by atoms with van der Waals surface area (Å²) in [5.41, 5.74) is 0.677. The van der Waals surface area contributed by atoms with Gasteiger partial charge in [0.15, 0.2) is 5.76 Å². The van der Waals surface area contributed by atoms with Crippen molar-refractivity contribution in [1.29, 1.82) is 0 Å². The Morgan fingerprint density at radius 3 is 2.58 bits per heavy atom. The summed E-state index contributed by atoms with van der Waals surface area (Å²) in [6, 6.07) is 10.8. The summed E-state index contributed by atoms with van der Waals surface area (Å²) in [4.78, 5) is 19.7. The Hall–Kier alpha value is -2.40. The molecule has 0 fully saturated rings. The van der Waals surface area contributed by atoms with Gasteiger partial charge in [-0.1, -0.05) is 18.2 Å². The third-order valence-corrected chi connectivity index (χ3v) is 2.44. The van der Waals surface area contributed by atoms with Crippen molar-refractivity contribution in [3.05, 3.63) is 54.6 Å². The number of para-hydroxylation sites is 1. The molecule has 0 atom stereocenters. The van der Waals surface area contributed by atoms with Crippen LogP contribution in [0.15, 0.2) is 53.2 Å². The first-order valence-electron chi connectivity index (χ1n) is 5.40. The molecule has 0 unspecified atom stereocenters. The topological polar surface area (TPSA) is 68.0 Å². The molecule has 3 rings (SSSR count). The number of carbonyl (C=O) groups is 1. The Bertz CT molecular complexity index is 664. The number of furan rings is 1. The summed E-state index contributed by atoms with van der Waals surface area (Å²) >= 11 is 0. The van der Waals surface area contributed by atoms with E-state index in [-0.39, 0.29) is 30.0 Å². The molecule has 2 heterocycles. The number of anilines is 1. The largest absolute Gasteiger partial charge is 0.451 e. The molecule has 5 nitrogen and oxygen atoms in total. The van der Waals surface area contributed by atoms with Gasteiger partial charge in [0, 0.05) is 17.8 Å². The van der Waals surface area contributed by atoms with Crippen LogP contribution < -0.4 is 5.32 Å². The number of halogens is 1. The Labute approximate surface area is 115 Å². The third-order valence-electron chi connectivity index (χ3n) is 2.44. The fraction of sp³-hybridized carbons (Fsp3) is 0. The number of rotatable bonds is 2. The second-order valence-electron chi connectivity index (χ2n) is 3.67. The first kappa shape index (κ1) is 13.0. The van der Waals surface area contributed by atoms with Crippen LogP contribution in [0, 0.1) is 0 Å². The van der Waals surface area contributed by atoms with Crippen molar-refractivity contribution in [3.8, 4) is 0 Å². The number of fused-ring (bicyclic) bond motifs is 1. The van der Waals surface area contributed by atoms with E-state index in [1.54, 1.807) is 24.5 Å². The summed E-state index contributed by atoms with van der Waals surface area (Å²) in [6.45, 7) is 0. The van der Waals surface area contributed by atoms with E-state index in [9.17, 15) is 4.79 Å². The van der Waals surface area contributed by atoms with Crippen molar-refractivity contribution < 1.29 is 9.21 Å². The molecule has 0 aliphatic rings. The first-order chi connectivity index (χ1) is 8.83. The molecule has 1 amide bonds. The maximum Gasteiger partial charge on any atom is 0.293 e. The van der Waals surface area contributed by atoms with Gasteiger partial charge in [0.05, 0.1) is 0 Å². The van der Waals surface area contributed by atoms with Gasteiger partial charge >= 0.3 is 0 Å². The predicted molar refractivity (Wildman–Crippen MR) is 73.4 cm³/mol. The fourth-order valence-electron chi connectivity index (χ4n) is 1.62. The van der Waals surface area contributed by atoms with E-state index >= 15 is 0 Å². The van der Waals surface area contributed by atoms with Gasteiger partial charge in [-0.2, -0.15) is 0 Å². The number of nitrogens with zero attached hydrogens (tertiary/aromatic N) is 2. The van der Waals surface area contributed by atoms with Gasteiger partial charge in [-0.05, 0) is 18.2 Å². The number of nitrogens with one attached hydrogen (secondary N) is 1. The van der Waals surface area contributed by atoms with Crippen molar-refractivity contribution >= 4 is 35.2 Å². The molecule has 6 heteroatoms. The molecule has 0 aliphatic carbocycles. The lowest BCUT2D eigenvalue weighted by molar-refractivity contribution is 0.0998. The smallest absolute Gasteiger partial charge is 0.293 e. The minimum absolute atomic E-state index is 0. The van der Waals surface area contributed by atoms with Gasteiger partial charge in [-0.25, -0.2) is 9.97 Å². The van der Waals surface area contributed by atoms with E-state index in [0.29, 0.717) is 5.58 Å². The highest BCUT2D eigenvalue weighted by molar-refractivity contribution is 6.03. The zero-order chi connectivity index (χ0) is 12.4. The Morgan fingerprint density at radius 2 is 1.84 bits per heavy atom. The number of aromatic nitrogens is 2. The SMILES string of the molecule is Cl.O=C(Nc1ncccn1)c1cc2ccccc2o1. The normalized spacial score (nSPS) is 9.89. The molecule has 0 saturated heterocycles. The standard InChI is InChI=1S/C13H9N3O2.ClH/c17-12(16-13-14-6-3-7-15-13)11-8-9-4-1-2-5-10(9)18-11;/h1-8H,(H,14,15,16,17);1H. The minimum Gasteiger partial charge on any atom is -0.451 e. The Balaban J connectivity index is 0.00000133. The van der Waals surface area contributed by atoms with Gasteiger partial charge in [0.2, 0.25) is 5.95 Å². The maximum atomic E-state index is 11.9. The number of benzene rings is 1.